The van der Waals surface area contributed by atoms with Crippen molar-refractivity contribution in [2.24, 2.45) is 11.7 Å². The number of hydrogen-bond donors (Lipinski definition) is 1. The third-order valence-corrected chi connectivity index (χ3v) is 4.63. The Kier molecular flexibility index (Phi) is 6.56. The van der Waals surface area contributed by atoms with Gasteiger partial charge >= 0.3 is 0 Å². The summed E-state index contributed by atoms with van der Waals surface area (Å²) in [5.41, 5.74) is 8.66. The number of benzene rings is 2. The van der Waals surface area contributed by atoms with E-state index in [1.165, 1.54) is 5.56 Å². The quantitative estimate of drug-likeness (QED) is 0.910. The largest absolute Gasteiger partial charge is 0.336 e. The van der Waals surface area contributed by atoms with E-state index in [9.17, 15) is 4.79 Å². The van der Waals surface area contributed by atoms with Crippen LogP contribution in [0.1, 0.15) is 50.4 Å². The normalized spacial score (nSPS) is 19.4. The maximum atomic E-state index is 12.4. The zero-order chi connectivity index (χ0) is 17.5. The van der Waals surface area contributed by atoms with E-state index in [-0.39, 0.29) is 23.9 Å². The lowest BCUT2D eigenvalue weighted by molar-refractivity contribution is -0.129. The van der Waals surface area contributed by atoms with Gasteiger partial charge < -0.3 is 10.6 Å². The van der Waals surface area contributed by atoms with Crippen LogP contribution in [0.15, 0.2) is 60.7 Å². The summed E-state index contributed by atoms with van der Waals surface area (Å²) >= 11 is 0. The van der Waals surface area contributed by atoms with Crippen molar-refractivity contribution in [1.29, 1.82) is 0 Å². The van der Waals surface area contributed by atoms with Crippen LogP contribution in [0.3, 0.4) is 0 Å². The fourth-order valence-corrected chi connectivity index (χ4v) is 3.23. The first-order valence-electron chi connectivity index (χ1n) is 8.81. The van der Waals surface area contributed by atoms with Crippen molar-refractivity contribution in [1.82, 2.24) is 4.90 Å². The van der Waals surface area contributed by atoms with Crippen LogP contribution in [0, 0.1) is 5.92 Å². The Balaban J connectivity index is 0.00000100. The first kappa shape index (κ1) is 18.2. The molecule has 1 saturated heterocycles. The molecule has 0 spiro atoms. The summed E-state index contributed by atoms with van der Waals surface area (Å²) in [7, 11) is 0. The van der Waals surface area contributed by atoms with Gasteiger partial charge in [0.15, 0.2) is 0 Å². The van der Waals surface area contributed by atoms with Crippen LogP contribution >= 0.6 is 0 Å². The highest BCUT2D eigenvalue weighted by Crippen LogP contribution is 2.33. The lowest BCUT2D eigenvalue weighted by atomic mass is 9.93. The second-order valence-corrected chi connectivity index (χ2v) is 6.03. The summed E-state index contributed by atoms with van der Waals surface area (Å²) in [6.45, 7) is 6.81. The highest BCUT2D eigenvalue weighted by molar-refractivity contribution is 5.79. The summed E-state index contributed by atoms with van der Waals surface area (Å²) in [6.07, 6.45) is 0.535. The minimum absolute atomic E-state index is 0.0851. The van der Waals surface area contributed by atoms with Crippen LogP contribution in [0.2, 0.25) is 0 Å². The molecule has 2 aromatic carbocycles. The van der Waals surface area contributed by atoms with E-state index in [1.54, 1.807) is 0 Å². The molecule has 3 unspecified atom stereocenters. The van der Waals surface area contributed by atoms with E-state index in [0.717, 1.165) is 12.1 Å². The molecular formula is C21H28N2O. The molecule has 0 radical (unpaired) electrons. The van der Waals surface area contributed by atoms with E-state index in [4.69, 9.17) is 5.73 Å². The van der Waals surface area contributed by atoms with Gasteiger partial charge in [0.2, 0.25) is 5.91 Å². The van der Waals surface area contributed by atoms with Crippen LogP contribution in [0.4, 0.5) is 0 Å². The number of rotatable bonds is 4. The lowest BCUT2D eigenvalue weighted by Gasteiger charge is -2.26. The van der Waals surface area contributed by atoms with Crippen LogP contribution in [0.25, 0.3) is 0 Å². The first-order chi connectivity index (χ1) is 11.7. The SMILES string of the molecule is CC.CC(c1ccccc1)N1CC(C(N)c2ccccc2)CC1=O. The van der Waals surface area contributed by atoms with Gasteiger partial charge in [-0.2, -0.15) is 0 Å². The van der Waals surface area contributed by atoms with Crippen molar-refractivity contribution in [2.45, 2.75) is 39.3 Å². The molecule has 3 heteroatoms. The number of carbonyl (C=O) groups excluding carboxylic acids is 1. The molecule has 0 saturated carbocycles. The van der Waals surface area contributed by atoms with Crippen molar-refractivity contribution in [3.63, 3.8) is 0 Å². The third-order valence-electron chi connectivity index (χ3n) is 4.63. The average molecular weight is 324 g/mol. The van der Waals surface area contributed by atoms with Gasteiger partial charge in [0.25, 0.3) is 0 Å². The fraction of sp³-hybridized carbons (Fsp3) is 0.381. The Labute approximate surface area is 145 Å². The molecule has 2 aromatic rings. The molecule has 1 fully saturated rings. The van der Waals surface area contributed by atoms with E-state index in [0.29, 0.717) is 6.42 Å². The average Bonchev–Trinajstić information content (AvgIpc) is 3.05. The predicted molar refractivity (Wildman–Crippen MR) is 99.4 cm³/mol. The number of carbonyl (C=O) groups is 1. The molecule has 3 rings (SSSR count). The van der Waals surface area contributed by atoms with Crippen molar-refractivity contribution < 1.29 is 4.79 Å². The topological polar surface area (TPSA) is 46.3 Å². The van der Waals surface area contributed by atoms with Gasteiger partial charge in [-0.05, 0) is 18.1 Å². The summed E-state index contributed by atoms with van der Waals surface area (Å²) in [5.74, 6) is 0.383. The van der Waals surface area contributed by atoms with Gasteiger partial charge in [-0.3, -0.25) is 4.79 Å². The summed E-state index contributed by atoms with van der Waals surface area (Å²) in [5, 5.41) is 0. The van der Waals surface area contributed by atoms with E-state index < -0.39 is 0 Å². The van der Waals surface area contributed by atoms with Crippen LogP contribution in [-0.2, 0) is 4.79 Å². The molecule has 128 valence electrons. The second-order valence-electron chi connectivity index (χ2n) is 6.03. The zero-order valence-electron chi connectivity index (χ0n) is 14.9. The van der Waals surface area contributed by atoms with Gasteiger partial charge in [-0.15, -0.1) is 0 Å². The number of likely N-dealkylation sites (tertiary alicyclic amines) is 1. The summed E-state index contributed by atoms with van der Waals surface area (Å²) < 4.78 is 0. The number of nitrogens with two attached hydrogens (primary N) is 1. The van der Waals surface area contributed by atoms with Crippen molar-refractivity contribution in [2.75, 3.05) is 6.54 Å². The molecule has 0 aromatic heterocycles. The van der Waals surface area contributed by atoms with Crippen molar-refractivity contribution in [3.05, 3.63) is 71.8 Å². The Morgan fingerprint density at radius 1 is 0.958 bits per heavy atom. The number of amides is 1. The number of hydrogen-bond acceptors (Lipinski definition) is 2. The monoisotopic (exact) mass is 324 g/mol. The smallest absolute Gasteiger partial charge is 0.223 e. The van der Waals surface area contributed by atoms with Crippen LogP contribution in [-0.4, -0.2) is 17.4 Å². The Bertz CT molecular complexity index is 627. The fourth-order valence-electron chi connectivity index (χ4n) is 3.23. The van der Waals surface area contributed by atoms with Gasteiger partial charge in [0, 0.05) is 24.9 Å². The van der Waals surface area contributed by atoms with Gasteiger partial charge in [0.05, 0.1) is 6.04 Å². The minimum atomic E-state index is -0.0851. The first-order valence-corrected chi connectivity index (χ1v) is 8.81. The standard InChI is InChI=1S/C19H22N2O.C2H6/c1-14(15-8-4-2-5-9-15)21-13-17(12-18(21)22)19(20)16-10-6-3-7-11-16;1-2/h2-11,14,17,19H,12-13,20H2,1H3;1-2H3. The molecule has 1 heterocycles. The Morgan fingerprint density at radius 3 is 2.00 bits per heavy atom. The van der Waals surface area contributed by atoms with Crippen molar-refractivity contribution >= 4 is 5.91 Å². The van der Waals surface area contributed by atoms with Crippen molar-refractivity contribution in [3.8, 4) is 0 Å². The minimum Gasteiger partial charge on any atom is -0.336 e. The van der Waals surface area contributed by atoms with Gasteiger partial charge in [-0.25, -0.2) is 0 Å². The maximum absolute atomic E-state index is 12.4. The molecule has 0 bridgehead atoms. The maximum Gasteiger partial charge on any atom is 0.223 e. The second kappa shape index (κ2) is 8.65. The van der Waals surface area contributed by atoms with Crippen LogP contribution < -0.4 is 5.73 Å². The Hall–Kier alpha value is -2.13. The predicted octanol–water partition coefficient (Wildman–Crippen LogP) is 4.32. The van der Waals surface area contributed by atoms with E-state index >= 15 is 0 Å². The van der Waals surface area contributed by atoms with Gasteiger partial charge in [0.1, 0.15) is 0 Å². The molecule has 0 aliphatic carbocycles. The third kappa shape index (κ3) is 4.04. The highest BCUT2D eigenvalue weighted by Gasteiger charge is 2.36. The van der Waals surface area contributed by atoms with E-state index in [2.05, 4.69) is 19.1 Å². The van der Waals surface area contributed by atoms with Crippen LogP contribution in [0.5, 0.6) is 0 Å². The molecule has 1 amide bonds. The number of nitrogens with zero attached hydrogens (tertiary/aromatic N) is 1. The molecular weight excluding hydrogens is 296 g/mol. The molecule has 3 nitrogen and oxygen atoms in total. The molecule has 2 N–H and O–H groups in total. The molecule has 1 aliphatic heterocycles. The lowest BCUT2D eigenvalue weighted by Crippen LogP contribution is -2.30. The Morgan fingerprint density at radius 2 is 1.46 bits per heavy atom. The molecule has 24 heavy (non-hydrogen) atoms. The zero-order valence-corrected chi connectivity index (χ0v) is 14.9. The molecule has 3 atom stereocenters. The summed E-state index contributed by atoms with van der Waals surface area (Å²) in [6, 6.07) is 20.2. The highest BCUT2D eigenvalue weighted by atomic mass is 16.2. The summed E-state index contributed by atoms with van der Waals surface area (Å²) in [4.78, 5) is 14.4. The van der Waals surface area contributed by atoms with Gasteiger partial charge in [-0.1, -0.05) is 74.5 Å². The van der Waals surface area contributed by atoms with E-state index in [1.807, 2.05) is 67.3 Å². The molecule has 1 aliphatic rings.